The Hall–Kier alpha value is -1.64. The van der Waals surface area contributed by atoms with Crippen molar-refractivity contribution < 1.29 is 18.3 Å². The number of nitrogens with one attached hydrogen (secondary N) is 2. The predicted octanol–water partition coefficient (Wildman–Crippen LogP) is 0.668. The van der Waals surface area contributed by atoms with Gasteiger partial charge in [-0.15, -0.1) is 0 Å². The molecule has 1 saturated heterocycles. The lowest BCUT2D eigenvalue weighted by molar-refractivity contribution is 0.125. The normalized spacial score (nSPS) is 17.0. The quantitative estimate of drug-likeness (QED) is 0.706. The van der Waals surface area contributed by atoms with Gasteiger partial charge in [0.2, 0.25) is 0 Å². The van der Waals surface area contributed by atoms with Crippen molar-refractivity contribution in [3.8, 4) is 0 Å². The summed E-state index contributed by atoms with van der Waals surface area (Å²) in [6, 6.07) is 5.49. The smallest absolute Gasteiger partial charge is 0.319 e. The average molecular weight is 341 g/mol. The van der Waals surface area contributed by atoms with Crippen molar-refractivity contribution >= 4 is 21.6 Å². The second kappa shape index (κ2) is 7.76. The highest BCUT2D eigenvalue weighted by molar-refractivity contribution is 7.90. The zero-order valence-corrected chi connectivity index (χ0v) is 14.0. The summed E-state index contributed by atoms with van der Waals surface area (Å²) >= 11 is 0. The molecule has 1 heterocycles. The molecule has 1 atom stereocenters. The number of urea groups is 1. The van der Waals surface area contributed by atoms with Gasteiger partial charge < -0.3 is 20.6 Å². The Bertz CT molecular complexity index is 625. The van der Waals surface area contributed by atoms with E-state index in [-0.39, 0.29) is 11.4 Å². The monoisotopic (exact) mass is 341 g/mol. The molecule has 1 aliphatic rings. The summed E-state index contributed by atoms with van der Waals surface area (Å²) in [5.74, 6) is 0. The number of rotatable bonds is 6. The minimum Gasteiger partial charge on any atom is -0.390 e. The van der Waals surface area contributed by atoms with Crippen molar-refractivity contribution in [3.63, 3.8) is 0 Å². The molecule has 3 N–H and O–H groups in total. The molecule has 8 heteroatoms. The highest BCUT2D eigenvalue weighted by atomic mass is 32.2. The van der Waals surface area contributed by atoms with Crippen LogP contribution in [0, 0.1) is 0 Å². The van der Waals surface area contributed by atoms with E-state index in [4.69, 9.17) is 0 Å². The second-order valence-corrected chi connectivity index (χ2v) is 7.81. The number of anilines is 1. The molecule has 7 nitrogen and oxygen atoms in total. The number of β-amino-alcohol motifs (C(OH)–C–C–N with tert-alkyl or cyclic N) is 1. The van der Waals surface area contributed by atoms with E-state index < -0.39 is 22.0 Å². The van der Waals surface area contributed by atoms with Gasteiger partial charge in [-0.3, -0.25) is 0 Å². The minimum atomic E-state index is -3.25. The maximum absolute atomic E-state index is 11.8. The Morgan fingerprint density at radius 1 is 1.26 bits per heavy atom. The predicted molar refractivity (Wildman–Crippen MR) is 88.3 cm³/mol. The molecular formula is C15H23N3O4S. The highest BCUT2D eigenvalue weighted by Gasteiger charge is 2.16. The number of benzene rings is 1. The van der Waals surface area contributed by atoms with Crippen molar-refractivity contribution in [2.45, 2.75) is 23.8 Å². The zero-order chi connectivity index (χ0) is 16.9. The summed E-state index contributed by atoms with van der Waals surface area (Å²) in [6.45, 7) is 2.72. The van der Waals surface area contributed by atoms with Gasteiger partial charge in [-0.2, -0.15) is 0 Å². The molecule has 23 heavy (non-hydrogen) atoms. The number of nitrogens with zero attached hydrogens (tertiary/aromatic N) is 1. The number of hydrogen-bond donors (Lipinski definition) is 3. The largest absolute Gasteiger partial charge is 0.390 e. The van der Waals surface area contributed by atoms with Crippen LogP contribution in [0.5, 0.6) is 0 Å². The molecule has 0 bridgehead atoms. The van der Waals surface area contributed by atoms with E-state index in [0.717, 1.165) is 32.2 Å². The van der Waals surface area contributed by atoms with Gasteiger partial charge in [0.05, 0.1) is 11.0 Å². The first-order valence-electron chi connectivity index (χ1n) is 7.60. The Morgan fingerprint density at radius 2 is 1.87 bits per heavy atom. The summed E-state index contributed by atoms with van der Waals surface area (Å²) in [6.07, 6.45) is 2.84. The summed E-state index contributed by atoms with van der Waals surface area (Å²) in [5, 5.41) is 15.1. The number of amides is 2. The second-order valence-electron chi connectivity index (χ2n) is 5.79. The van der Waals surface area contributed by atoms with Crippen LogP contribution in [-0.2, 0) is 9.84 Å². The van der Waals surface area contributed by atoms with Crippen LogP contribution in [0.3, 0.4) is 0 Å². The van der Waals surface area contributed by atoms with Gasteiger partial charge in [-0.1, -0.05) is 0 Å². The molecule has 2 amide bonds. The molecule has 2 rings (SSSR count). The number of sulfone groups is 1. The number of aliphatic hydroxyl groups is 1. The van der Waals surface area contributed by atoms with Crippen LogP contribution < -0.4 is 10.6 Å². The van der Waals surface area contributed by atoms with Gasteiger partial charge in [-0.05, 0) is 50.2 Å². The Labute approximate surface area is 136 Å². The molecule has 1 unspecified atom stereocenters. The third-order valence-electron chi connectivity index (χ3n) is 3.71. The van der Waals surface area contributed by atoms with Gasteiger partial charge in [0.15, 0.2) is 9.84 Å². The topological polar surface area (TPSA) is 98.7 Å². The maximum Gasteiger partial charge on any atom is 0.319 e. The van der Waals surface area contributed by atoms with Crippen LogP contribution in [0.15, 0.2) is 29.2 Å². The summed E-state index contributed by atoms with van der Waals surface area (Å²) < 4.78 is 22.7. The minimum absolute atomic E-state index is 0.170. The molecule has 1 aromatic carbocycles. The number of carbonyl (C=O) groups is 1. The SMILES string of the molecule is CS(=O)(=O)c1ccc(NC(=O)NCC(O)CN2CCCC2)cc1. The van der Waals surface area contributed by atoms with Gasteiger partial charge >= 0.3 is 6.03 Å². The van der Waals surface area contributed by atoms with Crippen LogP contribution in [0.25, 0.3) is 0 Å². The van der Waals surface area contributed by atoms with Crippen LogP contribution in [0.2, 0.25) is 0 Å². The maximum atomic E-state index is 11.8. The van der Waals surface area contributed by atoms with Crippen LogP contribution in [0.1, 0.15) is 12.8 Å². The first-order valence-corrected chi connectivity index (χ1v) is 9.49. The fraction of sp³-hybridized carbons (Fsp3) is 0.533. The molecule has 1 aromatic rings. The van der Waals surface area contributed by atoms with Crippen LogP contribution in [-0.4, -0.2) is 63.0 Å². The van der Waals surface area contributed by atoms with E-state index in [1.54, 1.807) is 0 Å². The number of carbonyl (C=O) groups excluding carboxylic acids is 1. The van der Waals surface area contributed by atoms with E-state index in [1.807, 2.05) is 0 Å². The van der Waals surface area contributed by atoms with E-state index in [0.29, 0.717) is 12.2 Å². The molecule has 0 aliphatic carbocycles. The zero-order valence-electron chi connectivity index (χ0n) is 13.2. The molecule has 0 saturated carbocycles. The standard InChI is InChI=1S/C15H23N3O4S/c1-23(21,22)14-6-4-12(5-7-14)17-15(20)16-10-13(19)11-18-8-2-3-9-18/h4-7,13,19H,2-3,8-11H2,1H3,(H2,16,17,20). The first kappa shape index (κ1) is 17.7. The fourth-order valence-corrected chi connectivity index (χ4v) is 3.13. The van der Waals surface area contributed by atoms with E-state index in [9.17, 15) is 18.3 Å². The number of aliphatic hydroxyl groups excluding tert-OH is 1. The molecule has 0 spiro atoms. The summed E-state index contributed by atoms with van der Waals surface area (Å²) in [5.41, 5.74) is 0.490. The van der Waals surface area contributed by atoms with Gasteiger partial charge in [0.1, 0.15) is 0 Å². The third kappa shape index (κ3) is 5.81. The Balaban J connectivity index is 1.75. The van der Waals surface area contributed by atoms with Gasteiger partial charge in [0, 0.05) is 25.0 Å². The molecule has 1 aliphatic heterocycles. The number of hydrogen-bond acceptors (Lipinski definition) is 5. The molecule has 1 fully saturated rings. The summed E-state index contributed by atoms with van der Waals surface area (Å²) in [4.78, 5) is 14.1. The average Bonchev–Trinajstić information content (AvgIpc) is 2.98. The van der Waals surface area contributed by atoms with E-state index in [1.165, 1.54) is 24.3 Å². The lowest BCUT2D eigenvalue weighted by Crippen LogP contribution is -2.40. The van der Waals surface area contributed by atoms with Gasteiger partial charge in [0.25, 0.3) is 0 Å². The molecular weight excluding hydrogens is 318 g/mol. The first-order chi connectivity index (χ1) is 10.8. The Morgan fingerprint density at radius 3 is 2.43 bits per heavy atom. The van der Waals surface area contributed by atoms with Crippen LogP contribution in [0.4, 0.5) is 10.5 Å². The van der Waals surface area contributed by atoms with E-state index in [2.05, 4.69) is 15.5 Å². The van der Waals surface area contributed by atoms with Crippen molar-refractivity contribution in [1.29, 1.82) is 0 Å². The lowest BCUT2D eigenvalue weighted by Gasteiger charge is -2.19. The molecule has 0 aromatic heterocycles. The molecule has 128 valence electrons. The fourth-order valence-electron chi connectivity index (χ4n) is 2.50. The van der Waals surface area contributed by atoms with E-state index >= 15 is 0 Å². The highest BCUT2D eigenvalue weighted by Crippen LogP contribution is 2.13. The molecule has 0 radical (unpaired) electrons. The number of likely N-dealkylation sites (tertiary alicyclic amines) is 1. The summed E-state index contributed by atoms with van der Waals surface area (Å²) in [7, 11) is -3.25. The lowest BCUT2D eigenvalue weighted by atomic mass is 10.3. The van der Waals surface area contributed by atoms with Crippen LogP contribution >= 0.6 is 0 Å². The third-order valence-corrected chi connectivity index (χ3v) is 4.83. The van der Waals surface area contributed by atoms with Crippen molar-refractivity contribution in [3.05, 3.63) is 24.3 Å². The van der Waals surface area contributed by atoms with Crippen molar-refractivity contribution in [1.82, 2.24) is 10.2 Å². The van der Waals surface area contributed by atoms with Crippen molar-refractivity contribution in [2.75, 3.05) is 37.8 Å². The van der Waals surface area contributed by atoms with Gasteiger partial charge in [-0.25, -0.2) is 13.2 Å². The Kier molecular flexibility index (Phi) is 5.97. The van der Waals surface area contributed by atoms with Crippen molar-refractivity contribution in [2.24, 2.45) is 0 Å².